The summed E-state index contributed by atoms with van der Waals surface area (Å²) in [6, 6.07) is 6.28. The number of ether oxygens (including phenoxy) is 1. The smallest absolute Gasteiger partial charge is 0.376 e. The van der Waals surface area contributed by atoms with Gasteiger partial charge in [-0.2, -0.15) is 13.2 Å². The molecule has 1 aromatic heterocycles. The zero-order valence-electron chi connectivity index (χ0n) is 14.1. The third-order valence-electron chi connectivity index (χ3n) is 4.09. The van der Waals surface area contributed by atoms with E-state index < -0.39 is 11.7 Å². The van der Waals surface area contributed by atoms with Crippen LogP contribution < -0.4 is 10.6 Å². The van der Waals surface area contributed by atoms with Crippen molar-refractivity contribution < 1.29 is 22.7 Å². The first kappa shape index (κ1) is 19.4. The molecule has 3 rings (SSSR count). The molecule has 1 unspecified atom stereocenters. The van der Waals surface area contributed by atoms with E-state index in [1.54, 1.807) is 0 Å². The standard InChI is InChI=1S/C18H17ClF3N3O2/c19-12-3-4-15(14(9-12)18(20,21)22)25-16-8-11(5-6-23-16)17(26)24-10-13-2-1-7-27-13/h3-6,8-9,13H,1-2,7,10H2,(H,23,25)(H,24,26). The zero-order valence-corrected chi connectivity index (χ0v) is 14.9. The number of carbonyl (C=O) groups excluding carboxylic acids is 1. The van der Waals surface area contributed by atoms with Crippen LogP contribution in [0.5, 0.6) is 0 Å². The molecule has 9 heteroatoms. The van der Waals surface area contributed by atoms with Gasteiger partial charge in [0.1, 0.15) is 5.82 Å². The van der Waals surface area contributed by atoms with Crippen LogP contribution in [0.25, 0.3) is 0 Å². The molecule has 27 heavy (non-hydrogen) atoms. The summed E-state index contributed by atoms with van der Waals surface area (Å²) >= 11 is 5.67. The summed E-state index contributed by atoms with van der Waals surface area (Å²) in [6.45, 7) is 1.08. The zero-order chi connectivity index (χ0) is 19.4. The monoisotopic (exact) mass is 399 g/mol. The molecule has 144 valence electrons. The van der Waals surface area contributed by atoms with Gasteiger partial charge in [0.2, 0.25) is 0 Å². The highest BCUT2D eigenvalue weighted by Gasteiger charge is 2.34. The molecule has 1 atom stereocenters. The van der Waals surface area contributed by atoms with Crippen molar-refractivity contribution in [2.75, 3.05) is 18.5 Å². The van der Waals surface area contributed by atoms with Gasteiger partial charge in [-0.3, -0.25) is 4.79 Å². The molecule has 2 aromatic rings. The van der Waals surface area contributed by atoms with Gasteiger partial charge in [0.25, 0.3) is 5.91 Å². The van der Waals surface area contributed by atoms with E-state index in [0.29, 0.717) is 13.2 Å². The van der Waals surface area contributed by atoms with Crippen LogP contribution in [-0.2, 0) is 10.9 Å². The Bertz CT molecular complexity index is 824. The lowest BCUT2D eigenvalue weighted by Gasteiger charge is -2.15. The second-order valence-corrected chi connectivity index (χ2v) is 6.52. The number of nitrogens with one attached hydrogen (secondary N) is 2. The third-order valence-corrected chi connectivity index (χ3v) is 4.32. The van der Waals surface area contributed by atoms with Crippen molar-refractivity contribution in [1.82, 2.24) is 10.3 Å². The topological polar surface area (TPSA) is 63.2 Å². The lowest BCUT2D eigenvalue weighted by atomic mass is 10.1. The van der Waals surface area contributed by atoms with Gasteiger partial charge in [0.05, 0.1) is 17.4 Å². The lowest BCUT2D eigenvalue weighted by Crippen LogP contribution is -2.31. The quantitative estimate of drug-likeness (QED) is 0.782. The molecule has 2 heterocycles. The number of nitrogens with zero attached hydrogens (tertiary/aromatic N) is 1. The Hall–Kier alpha value is -2.32. The number of halogens is 4. The summed E-state index contributed by atoms with van der Waals surface area (Å²) in [5, 5.41) is 5.34. The summed E-state index contributed by atoms with van der Waals surface area (Å²) in [7, 11) is 0. The number of carbonyl (C=O) groups is 1. The third kappa shape index (κ3) is 5.11. The van der Waals surface area contributed by atoms with Crippen LogP contribution in [0.3, 0.4) is 0 Å². The highest BCUT2D eigenvalue weighted by atomic mass is 35.5. The highest BCUT2D eigenvalue weighted by Crippen LogP contribution is 2.37. The first-order valence-electron chi connectivity index (χ1n) is 8.32. The number of alkyl halides is 3. The molecular weight excluding hydrogens is 383 g/mol. The van der Waals surface area contributed by atoms with Gasteiger partial charge in [0, 0.05) is 29.9 Å². The maximum atomic E-state index is 13.2. The van der Waals surface area contributed by atoms with Crippen LogP contribution in [0.4, 0.5) is 24.7 Å². The maximum absolute atomic E-state index is 13.2. The molecule has 1 saturated heterocycles. The van der Waals surface area contributed by atoms with Crippen LogP contribution in [-0.4, -0.2) is 30.1 Å². The largest absolute Gasteiger partial charge is 0.418 e. The summed E-state index contributed by atoms with van der Waals surface area (Å²) in [4.78, 5) is 16.2. The summed E-state index contributed by atoms with van der Waals surface area (Å²) in [6.07, 6.45) is -1.38. The average Bonchev–Trinajstić information content (AvgIpc) is 3.14. The van der Waals surface area contributed by atoms with E-state index in [1.165, 1.54) is 30.5 Å². The normalized spacial score (nSPS) is 17.0. The van der Waals surface area contributed by atoms with E-state index >= 15 is 0 Å². The Morgan fingerprint density at radius 2 is 2.11 bits per heavy atom. The van der Waals surface area contributed by atoms with Crippen molar-refractivity contribution in [3.8, 4) is 0 Å². The maximum Gasteiger partial charge on any atom is 0.418 e. The number of hydrogen-bond donors (Lipinski definition) is 2. The van der Waals surface area contributed by atoms with E-state index in [-0.39, 0.29) is 34.1 Å². The molecule has 1 aliphatic rings. The predicted octanol–water partition coefficient (Wildman–Crippen LogP) is 4.41. The number of pyridine rings is 1. The van der Waals surface area contributed by atoms with Crippen LogP contribution in [0.15, 0.2) is 36.5 Å². The van der Waals surface area contributed by atoms with Crippen LogP contribution in [0, 0.1) is 0 Å². The molecule has 0 aliphatic carbocycles. The Kier molecular flexibility index (Phi) is 5.86. The Labute approximate surface area is 158 Å². The van der Waals surface area contributed by atoms with Crippen molar-refractivity contribution >= 4 is 29.0 Å². The predicted molar refractivity (Wildman–Crippen MR) is 95.3 cm³/mol. The molecule has 0 bridgehead atoms. The molecule has 0 saturated carbocycles. The van der Waals surface area contributed by atoms with Gasteiger partial charge in [-0.1, -0.05) is 11.6 Å². The van der Waals surface area contributed by atoms with Gasteiger partial charge in [0.15, 0.2) is 0 Å². The number of aromatic nitrogens is 1. The van der Waals surface area contributed by atoms with E-state index in [9.17, 15) is 18.0 Å². The Balaban J connectivity index is 1.73. The van der Waals surface area contributed by atoms with E-state index in [4.69, 9.17) is 16.3 Å². The van der Waals surface area contributed by atoms with Gasteiger partial charge in [-0.15, -0.1) is 0 Å². The van der Waals surface area contributed by atoms with E-state index in [1.807, 2.05) is 0 Å². The van der Waals surface area contributed by atoms with Gasteiger partial charge in [-0.05, 0) is 43.2 Å². The number of benzene rings is 1. The van der Waals surface area contributed by atoms with Crippen molar-refractivity contribution in [2.24, 2.45) is 0 Å². The lowest BCUT2D eigenvalue weighted by molar-refractivity contribution is -0.136. The fourth-order valence-corrected chi connectivity index (χ4v) is 2.92. The Morgan fingerprint density at radius 3 is 2.81 bits per heavy atom. The minimum absolute atomic E-state index is 0.00297. The van der Waals surface area contributed by atoms with Gasteiger partial charge in [-0.25, -0.2) is 4.98 Å². The van der Waals surface area contributed by atoms with E-state index in [2.05, 4.69) is 15.6 Å². The number of hydrogen-bond acceptors (Lipinski definition) is 4. The highest BCUT2D eigenvalue weighted by molar-refractivity contribution is 6.30. The number of amides is 1. The summed E-state index contributed by atoms with van der Waals surface area (Å²) < 4.78 is 45.0. The average molecular weight is 400 g/mol. The van der Waals surface area contributed by atoms with Crippen molar-refractivity contribution in [3.05, 3.63) is 52.7 Å². The molecule has 1 amide bonds. The molecule has 1 fully saturated rings. The first-order valence-corrected chi connectivity index (χ1v) is 8.70. The minimum atomic E-state index is -4.58. The van der Waals surface area contributed by atoms with Gasteiger partial charge < -0.3 is 15.4 Å². The van der Waals surface area contributed by atoms with E-state index in [0.717, 1.165) is 18.9 Å². The molecule has 5 nitrogen and oxygen atoms in total. The molecule has 1 aliphatic heterocycles. The molecular formula is C18H17ClF3N3O2. The van der Waals surface area contributed by atoms with Crippen LogP contribution in [0.1, 0.15) is 28.8 Å². The van der Waals surface area contributed by atoms with Crippen LogP contribution >= 0.6 is 11.6 Å². The van der Waals surface area contributed by atoms with Crippen molar-refractivity contribution in [3.63, 3.8) is 0 Å². The second kappa shape index (κ2) is 8.14. The van der Waals surface area contributed by atoms with Crippen molar-refractivity contribution in [1.29, 1.82) is 0 Å². The summed E-state index contributed by atoms with van der Waals surface area (Å²) in [5.41, 5.74) is -0.825. The fraction of sp³-hybridized carbons (Fsp3) is 0.333. The molecule has 0 radical (unpaired) electrons. The fourth-order valence-electron chi connectivity index (χ4n) is 2.75. The SMILES string of the molecule is O=C(NCC1CCCO1)c1ccnc(Nc2ccc(Cl)cc2C(F)(F)F)c1. The molecule has 2 N–H and O–H groups in total. The molecule has 0 spiro atoms. The van der Waals surface area contributed by atoms with Crippen LogP contribution in [0.2, 0.25) is 5.02 Å². The Morgan fingerprint density at radius 1 is 1.30 bits per heavy atom. The number of anilines is 2. The second-order valence-electron chi connectivity index (χ2n) is 6.09. The summed E-state index contributed by atoms with van der Waals surface area (Å²) in [5.74, 6) is -0.226. The molecule has 1 aromatic carbocycles. The number of rotatable bonds is 5. The first-order chi connectivity index (χ1) is 12.8. The minimum Gasteiger partial charge on any atom is -0.376 e. The van der Waals surface area contributed by atoms with Crippen molar-refractivity contribution in [2.45, 2.75) is 25.1 Å². The van der Waals surface area contributed by atoms with Gasteiger partial charge >= 0.3 is 6.18 Å².